The lowest BCUT2D eigenvalue weighted by atomic mass is 9.86. The first kappa shape index (κ1) is 27.4. The minimum Gasteiger partial charge on any atom is -0.456 e. The summed E-state index contributed by atoms with van der Waals surface area (Å²) in [6.45, 7) is 0. The lowest BCUT2D eigenvalue weighted by Crippen LogP contribution is -1.95. The Labute approximate surface area is 281 Å². The van der Waals surface area contributed by atoms with Gasteiger partial charge in [-0.05, 0) is 99.0 Å². The number of pyridine rings is 4. The zero-order chi connectivity index (χ0) is 32.3. The highest BCUT2D eigenvalue weighted by Crippen LogP contribution is 2.46. The summed E-state index contributed by atoms with van der Waals surface area (Å²) in [4.78, 5) is 19.4. The molecule has 0 radical (unpaired) electrons. The molecule has 0 fully saturated rings. The maximum absolute atomic E-state index is 6.53. The molecule has 5 heteroatoms. The molecular weight excluding hydrogens is 601 g/mol. The van der Waals surface area contributed by atoms with Crippen LogP contribution in [0.15, 0.2) is 162 Å². The summed E-state index contributed by atoms with van der Waals surface area (Å²) in [6, 6.07) is 50.0. The predicted octanol–water partition coefficient (Wildman–Crippen LogP) is 11.2. The largest absolute Gasteiger partial charge is 0.456 e. The Morgan fingerprint density at radius 3 is 1.63 bits per heavy atom. The molecule has 228 valence electrons. The van der Waals surface area contributed by atoms with Crippen LogP contribution in [-0.2, 0) is 0 Å². The van der Waals surface area contributed by atoms with Crippen molar-refractivity contribution in [3.63, 3.8) is 0 Å². The molecule has 5 aromatic heterocycles. The number of nitrogens with zero attached hydrogens (tertiary/aromatic N) is 4. The molecule has 0 saturated heterocycles. The van der Waals surface area contributed by atoms with E-state index >= 15 is 0 Å². The van der Waals surface area contributed by atoms with Gasteiger partial charge in [-0.1, -0.05) is 78.9 Å². The molecule has 5 aromatic carbocycles. The summed E-state index contributed by atoms with van der Waals surface area (Å²) in [5.41, 5.74) is 9.15. The van der Waals surface area contributed by atoms with Gasteiger partial charge in [0, 0.05) is 34.5 Å². The molecule has 0 aliphatic rings. The van der Waals surface area contributed by atoms with Crippen molar-refractivity contribution in [2.45, 2.75) is 0 Å². The third-order valence-electron chi connectivity index (χ3n) is 9.38. The number of hydrogen-bond donors (Lipinski definition) is 0. The maximum Gasteiger partial charge on any atom is 0.136 e. The van der Waals surface area contributed by atoms with Crippen LogP contribution >= 0.6 is 0 Å². The van der Waals surface area contributed by atoms with Gasteiger partial charge in [-0.2, -0.15) is 0 Å². The van der Waals surface area contributed by atoms with Gasteiger partial charge in [0.25, 0.3) is 0 Å². The molecule has 49 heavy (non-hydrogen) atoms. The van der Waals surface area contributed by atoms with Crippen LogP contribution in [0.25, 0.3) is 99.9 Å². The van der Waals surface area contributed by atoms with Crippen molar-refractivity contribution < 1.29 is 4.42 Å². The van der Waals surface area contributed by atoms with Crippen LogP contribution in [0, 0.1) is 0 Å². The molecule has 10 rings (SSSR count). The number of furan rings is 1. The summed E-state index contributed by atoms with van der Waals surface area (Å²) < 4.78 is 6.53. The monoisotopic (exact) mass is 626 g/mol. The minimum atomic E-state index is 0.825. The molecule has 0 N–H and O–H groups in total. The topological polar surface area (TPSA) is 64.7 Å². The number of para-hydroxylation sites is 1. The van der Waals surface area contributed by atoms with Crippen molar-refractivity contribution in [3.05, 3.63) is 158 Å². The molecule has 0 spiro atoms. The van der Waals surface area contributed by atoms with Crippen LogP contribution in [0.4, 0.5) is 0 Å². The first-order valence-electron chi connectivity index (χ1n) is 16.3. The SMILES string of the molecule is c1ccc(-c2cccc(-c3ccc4ccc5c(-c6cc7ccccc7o6)cc(-c6cccc(-c7ccccn7)n6)c6ccc3c4c65)n2)nc1. The van der Waals surface area contributed by atoms with Gasteiger partial charge in [0.2, 0.25) is 0 Å². The van der Waals surface area contributed by atoms with Crippen LogP contribution in [0.1, 0.15) is 0 Å². The average Bonchev–Trinajstić information content (AvgIpc) is 3.62. The Balaban J connectivity index is 1.27. The Kier molecular flexibility index (Phi) is 6.11. The van der Waals surface area contributed by atoms with Gasteiger partial charge in [-0.3, -0.25) is 9.97 Å². The van der Waals surface area contributed by atoms with Crippen molar-refractivity contribution in [2.24, 2.45) is 0 Å². The molecular formula is C44H26N4O. The van der Waals surface area contributed by atoms with Crippen LogP contribution in [0.5, 0.6) is 0 Å². The van der Waals surface area contributed by atoms with E-state index in [1.54, 1.807) is 12.4 Å². The summed E-state index contributed by atoms with van der Waals surface area (Å²) in [7, 11) is 0. The lowest BCUT2D eigenvalue weighted by Gasteiger charge is -2.18. The van der Waals surface area contributed by atoms with E-state index < -0.39 is 0 Å². The summed E-state index contributed by atoms with van der Waals surface area (Å²) in [5.74, 6) is 0.825. The van der Waals surface area contributed by atoms with E-state index in [9.17, 15) is 0 Å². The first-order chi connectivity index (χ1) is 24.3. The zero-order valence-electron chi connectivity index (χ0n) is 26.2. The molecule has 0 bridgehead atoms. The molecule has 0 saturated carbocycles. The molecule has 5 nitrogen and oxygen atoms in total. The van der Waals surface area contributed by atoms with Crippen molar-refractivity contribution in [1.82, 2.24) is 19.9 Å². The number of aromatic nitrogens is 4. The fourth-order valence-corrected chi connectivity index (χ4v) is 7.13. The normalized spacial score (nSPS) is 11.7. The van der Waals surface area contributed by atoms with Crippen molar-refractivity contribution >= 4 is 43.3 Å². The lowest BCUT2D eigenvalue weighted by molar-refractivity contribution is 0.632. The second-order valence-electron chi connectivity index (χ2n) is 12.2. The second kappa shape index (κ2) is 10.9. The number of benzene rings is 5. The van der Waals surface area contributed by atoms with Crippen molar-refractivity contribution in [1.29, 1.82) is 0 Å². The highest BCUT2D eigenvalue weighted by atomic mass is 16.3. The number of rotatable bonds is 5. The van der Waals surface area contributed by atoms with Gasteiger partial charge in [-0.25, -0.2) is 9.97 Å². The predicted molar refractivity (Wildman–Crippen MR) is 198 cm³/mol. The Morgan fingerprint density at radius 2 is 0.939 bits per heavy atom. The molecule has 0 unspecified atom stereocenters. The van der Waals surface area contributed by atoms with Gasteiger partial charge >= 0.3 is 0 Å². The third-order valence-corrected chi connectivity index (χ3v) is 9.38. The molecule has 0 aliphatic heterocycles. The zero-order valence-corrected chi connectivity index (χ0v) is 26.2. The smallest absolute Gasteiger partial charge is 0.136 e. The van der Waals surface area contributed by atoms with E-state index in [0.717, 1.165) is 83.7 Å². The molecule has 0 atom stereocenters. The van der Waals surface area contributed by atoms with Crippen molar-refractivity contribution in [3.8, 4) is 56.6 Å². The Morgan fingerprint density at radius 1 is 0.367 bits per heavy atom. The number of fused-ring (bicyclic) bond motifs is 1. The van der Waals surface area contributed by atoms with Gasteiger partial charge < -0.3 is 4.42 Å². The Bertz CT molecular complexity index is 2790. The standard InChI is InChI=1S/C44H26N4O/c1-2-16-41-28(9-1)25-42(49-41)34-26-33(36-13-8-15-40(48-36)38-11-4-6-24-46-38)31-22-21-30-29(19-17-27-18-20-32(34)44(31)43(27)30)35-12-7-14-39(47-35)37-10-3-5-23-45-37/h1-26H. The second-order valence-corrected chi connectivity index (χ2v) is 12.2. The quantitative estimate of drug-likeness (QED) is 0.178. The minimum absolute atomic E-state index is 0.825. The Hall–Kier alpha value is -6.72. The average molecular weight is 627 g/mol. The molecule has 10 aromatic rings. The summed E-state index contributed by atoms with van der Waals surface area (Å²) >= 11 is 0. The maximum atomic E-state index is 6.53. The van der Waals surface area contributed by atoms with E-state index in [2.05, 4.69) is 88.8 Å². The van der Waals surface area contributed by atoms with Crippen LogP contribution in [-0.4, -0.2) is 19.9 Å². The van der Waals surface area contributed by atoms with Gasteiger partial charge in [0.15, 0.2) is 0 Å². The van der Waals surface area contributed by atoms with Crippen LogP contribution in [0.2, 0.25) is 0 Å². The number of hydrogen-bond acceptors (Lipinski definition) is 5. The van der Waals surface area contributed by atoms with E-state index in [-0.39, 0.29) is 0 Å². The van der Waals surface area contributed by atoms with Gasteiger partial charge in [0.1, 0.15) is 11.3 Å². The van der Waals surface area contributed by atoms with E-state index in [1.165, 1.54) is 16.2 Å². The fourth-order valence-electron chi connectivity index (χ4n) is 7.13. The molecule has 0 amide bonds. The van der Waals surface area contributed by atoms with Gasteiger partial charge in [0.05, 0.1) is 34.2 Å². The van der Waals surface area contributed by atoms with E-state index in [0.29, 0.717) is 0 Å². The first-order valence-corrected chi connectivity index (χ1v) is 16.3. The highest BCUT2D eigenvalue weighted by Gasteiger charge is 2.21. The summed E-state index contributed by atoms with van der Waals surface area (Å²) in [5, 5.41) is 8.01. The molecule has 5 heterocycles. The van der Waals surface area contributed by atoms with E-state index in [1.807, 2.05) is 66.7 Å². The van der Waals surface area contributed by atoms with Gasteiger partial charge in [-0.15, -0.1) is 0 Å². The third kappa shape index (κ3) is 4.48. The van der Waals surface area contributed by atoms with Crippen LogP contribution < -0.4 is 0 Å². The summed E-state index contributed by atoms with van der Waals surface area (Å²) in [6.07, 6.45) is 3.61. The molecule has 0 aliphatic carbocycles. The highest BCUT2D eigenvalue weighted by molar-refractivity contribution is 6.29. The van der Waals surface area contributed by atoms with Crippen molar-refractivity contribution in [2.75, 3.05) is 0 Å². The van der Waals surface area contributed by atoms with E-state index in [4.69, 9.17) is 14.4 Å². The fraction of sp³-hybridized carbons (Fsp3) is 0. The van der Waals surface area contributed by atoms with Crippen LogP contribution in [0.3, 0.4) is 0 Å².